The number of para-hydroxylation sites is 1. The van der Waals surface area contributed by atoms with Crippen LogP contribution in [-0.4, -0.2) is 23.5 Å². The van der Waals surface area contributed by atoms with E-state index in [4.69, 9.17) is 21.1 Å². The molecule has 0 aliphatic carbocycles. The number of aromatic nitrogens is 1. The molecular weight excluding hydrogens is 436 g/mol. The van der Waals surface area contributed by atoms with Gasteiger partial charge < -0.3 is 9.47 Å². The molecule has 0 aliphatic heterocycles. The van der Waals surface area contributed by atoms with Gasteiger partial charge in [0.2, 0.25) is 0 Å². The standard InChI is InChI=1S/C23H21ClN2O3.2C2H6/c1-16(18-10-6-4-7-11-18)25-22(24)21-14-19(26(17(21)2)23(27)28-3)15-29-20-12-8-5-9-13-20;2*1-2/h4-14H,2,15H2,1,3H3;2*1-2H3/b22-21-,25-16+;;. The van der Waals surface area contributed by atoms with Crippen LogP contribution < -0.4 is 15.3 Å². The number of halogens is 1. The van der Waals surface area contributed by atoms with E-state index in [2.05, 4.69) is 11.6 Å². The lowest BCUT2D eigenvalue weighted by atomic mass is 10.1. The zero-order valence-electron chi connectivity index (χ0n) is 20.3. The van der Waals surface area contributed by atoms with Crippen molar-refractivity contribution in [3.8, 4) is 5.75 Å². The number of aliphatic imine (C=N–C) groups is 1. The Morgan fingerprint density at radius 2 is 1.55 bits per heavy atom. The topological polar surface area (TPSA) is 52.8 Å². The van der Waals surface area contributed by atoms with Crippen LogP contribution in [0, 0.1) is 0 Å². The molecule has 0 bridgehead atoms. The maximum Gasteiger partial charge on any atom is 0.418 e. The molecule has 0 amide bonds. The fourth-order valence-corrected chi connectivity index (χ4v) is 3.13. The fraction of sp³-hybridized carbons (Fsp3) is 0.259. The molecule has 2 aromatic carbocycles. The first-order chi connectivity index (χ1) is 16.0. The summed E-state index contributed by atoms with van der Waals surface area (Å²) < 4.78 is 12.0. The Morgan fingerprint density at radius 1 is 1.00 bits per heavy atom. The third-order valence-corrected chi connectivity index (χ3v) is 4.63. The lowest BCUT2D eigenvalue weighted by Crippen LogP contribution is -2.33. The Bertz CT molecular complexity index is 1140. The lowest BCUT2D eigenvalue weighted by Gasteiger charge is -2.08. The van der Waals surface area contributed by atoms with Gasteiger partial charge in [0.25, 0.3) is 0 Å². The number of ether oxygens (including phenoxy) is 2. The minimum absolute atomic E-state index is 0.146. The Kier molecular flexibility index (Phi) is 12.3. The van der Waals surface area contributed by atoms with Gasteiger partial charge in [0.05, 0.1) is 18.2 Å². The van der Waals surface area contributed by atoms with Crippen molar-refractivity contribution >= 4 is 35.1 Å². The molecule has 1 aromatic heterocycles. The van der Waals surface area contributed by atoms with E-state index < -0.39 is 6.09 Å². The van der Waals surface area contributed by atoms with Gasteiger partial charge in [0.1, 0.15) is 17.5 Å². The maximum absolute atomic E-state index is 12.3. The monoisotopic (exact) mass is 468 g/mol. The van der Waals surface area contributed by atoms with Crippen molar-refractivity contribution in [2.45, 2.75) is 41.2 Å². The second-order valence-electron chi connectivity index (χ2n) is 6.26. The Balaban J connectivity index is 0.00000129. The van der Waals surface area contributed by atoms with E-state index in [-0.39, 0.29) is 11.8 Å². The van der Waals surface area contributed by atoms with Crippen molar-refractivity contribution in [3.05, 3.63) is 88.6 Å². The first-order valence-corrected chi connectivity index (χ1v) is 11.4. The number of hydrogen-bond acceptors (Lipinski definition) is 4. The molecule has 5 nitrogen and oxygen atoms in total. The molecule has 0 unspecified atom stereocenters. The number of carbonyl (C=O) groups is 1. The molecule has 0 saturated heterocycles. The van der Waals surface area contributed by atoms with Gasteiger partial charge in [0.15, 0.2) is 0 Å². The summed E-state index contributed by atoms with van der Waals surface area (Å²) in [6, 6.07) is 20.8. The molecule has 33 heavy (non-hydrogen) atoms. The van der Waals surface area contributed by atoms with E-state index in [1.165, 1.54) is 11.7 Å². The van der Waals surface area contributed by atoms with Crippen molar-refractivity contribution < 1.29 is 14.3 Å². The van der Waals surface area contributed by atoms with Crippen molar-refractivity contribution in [2.24, 2.45) is 4.99 Å². The van der Waals surface area contributed by atoms with Gasteiger partial charge in [-0.2, -0.15) is 0 Å². The number of methoxy groups -OCH3 is 1. The Morgan fingerprint density at radius 3 is 2.09 bits per heavy atom. The SMILES string of the molecule is C=c1/c(=C(Cl)\N=C(/C)c2ccccc2)cc(COc2ccccc2)n1C(=O)OC.CC.CC. The van der Waals surface area contributed by atoms with Crippen LogP contribution >= 0.6 is 11.6 Å². The van der Waals surface area contributed by atoms with E-state index in [1.54, 1.807) is 6.07 Å². The average molecular weight is 469 g/mol. The van der Waals surface area contributed by atoms with E-state index in [1.807, 2.05) is 95.3 Å². The fourth-order valence-electron chi connectivity index (χ4n) is 2.84. The second-order valence-corrected chi connectivity index (χ2v) is 6.62. The summed E-state index contributed by atoms with van der Waals surface area (Å²) in [4.78, 5) is 16.8. The summed E-state index contributed by atoms with van der Waals surface area (Å²) in [6.45, 7) is 14.0. The molecule has 0 fully saturated rings. The first kappa shape index (κ1) is 27.7. The van der Waals surface area contributed by atoms with Gasteiger partial charge in [0, 0.05) is 10.9 Å². The van der Waals surface area contributed by atoms with Crippen LogP contribution in [0.5, 0.6) is 5.75 Å². The van der Waals surface area contributed by atoms with Crippen molar-refractivity contribution in [3.63, 3.8) is 0 Å². The van der Waals surface area contributed by atoms with Crippen LogP contribution in [0.4, 0.5) is 4.79 Å². The highest BCUT2D eigenvalue weighted by Crippen LogP contribution is 2.12. The van der Waals surface area contributed by atoms with E-state index in [9.17, 15) is 4.79 Å². The maximum atomic E-state index is 12.3. The molecule has 1 heterocycles. The highest BCUT2D eigenvalue weighted by Gasteiger charge is 2.15. The highest BCUT2D eigenvalue weighted by molar-refractivity contribution is 6.45. The third-order valence-electron chi connectivity index (χ3n) is 4.35. The summed E-state index contributed by atoms with van der Waals surface area (Å²) in [6.07, 6.45) is -0.568. The van der Waals surface area contributed by atoms with Crippen LogP contribution in [0.3, 0.4) is 0 Å². The second kappa shape index (κ2) is 14.7. The van der Waals surface area contributed by atoms with Gasteiger partial charge in [-0.15, -0.1) is 0 Å². The molecule has 3 rings (SSSR count). The van der Waals surface area contributed by atoms with Gasteiger partial charge in [-0.05, 0) is 30.7 Å². The average Bonchev–Trinajstić information content (AvgIpc) is 3.22. The predicted octanol–water partition coefficient (Wildman–Crippen LogP) is 5.96. The quantitative estimate of drug-likeness (QED) is 0.343. The summed E-state index contributed by atoms with van der Waals surface area (Å²) in [5.41, 5.74) is 2.27. The van der Waals surface area contributed by atoms with Gasteiger partial charge >= 0.3 is 6.09 Å². The van der Waals surface area contributed by atoms with Crippen molar-refractivity contribution in [1.82, 2.24) is 4.57 Å². The van der Waals surface area contributed by atoms with E-state index in [0.29, 0.717) is 22.0 Å². The molecule has 0 saturated carbocycles. The summed E-state index contributed by atoms with van der Waals surface area (Å²) in [5.74, 6) is 0.685. The smallest absolute Gasteiger partial charge is 0.418 e. The van der Waals surface area contributed by atoms with Crippen LogP contribution in [0.25, 0.3) is 11.7 Å². The largest absolute Gasteiger partial charge is 0.487 e. The third kappa shape index (κ3) is 7.65. The van der Waals surface area contributed by atoms with E-state index in [0.717, 1.165) is 11.3 Å². The zero-order chi connectivity index (χ0) is 24.8. The molecule has 0 N–H and O–H groups in total. The number of carbonyl (C=O) groups excluding carboxylic acids is 1. The number of benzene rings is 2. The Labute approximate surface area is 201 Å². The molecule has 3 aromatic rings. The minimum Gasteiger partial charge on any atom is -0.487 e. The normalized spacial score (nSPS) is 11.3. The molecule has 0 radical (unpaired) electrons. The number of rotatable bonds is 5. The van der Waals surface area contributed by atoms with Gasteiger partial charge in [-0.3, -0.25) is 0 Å². The number of hydrogen-bond donors (Lipinski definition) is 0. The molecule has 0 atom stereocenters. The van der Waals surface area contributed by atoms with Crippen LogP contribution in [0.2, 0.25) is 0 Å². The van der Waals surface area contributed by atoms with Crippen LogP contribution in [-0.2, 0) is 11.3 Å². The molecular formula is C27H33ClN2O3. The molecule has 176 valence electrons. The molecule has 0 spiro atoms. The predicted molar refractivity (Wildman–Crippen MR) is 138 cm³/mol. The lowest BCUT2D eigenvalue weighted by molar-refractivity contribution is 0.169. The summed E-state index contributed by atoms with van der Waals surface area (Å²) in [7, 11) is 1.31. The molecule has 0 aliphatic rings. The van der Waals surface area contributed by atoms with Crippen LogP contribution in [0.1, 0.15) is 45.9 Å². The zero-order valence-corrected chi connectivity index (χ0v) is 21.0. The summed E-state index contributed by atoms with van der Waals surface area (Å²) in [5, 5.41) is 1.16. The van der Waals surface area contributed by atoms with E-state index >= 15 is 0 Å². The van der Waals surface area contributed by atoms with Crippen LogP contribution in [0.15, 0.2) is 71.7 Å². The summed E-state index contributed by atoms with van der Waals surface area (Å²) >= 11 is 6.49. The highest BCUT2D eigenvalue weighted by atomic mass is 35.5. The Hall–Kier alpha value is -3.31. The van der Waals surface area contributed by atoms with Gasteiger partial charge in [-0.25, -0.2) is 14.4 Å². The van der Waals surface area contributed by atoms with Crippen molar-refractivity contribution in [1.29, 1.82) is 0 Å². The van der Waals surface area contributed by atoms with Crippen molar-refractivity contribution in [2.75, 3.05) is 7.11 Å². The first-order valence-electron chi connectivity index (χ1n) is 11.0. The van der Waals surface area contributed by atoms with Gasteiger partial charge in [-0.1, -0.05) is 94.4 Å². The minimum atomic E-state index is -0.568. The number of nitrogens with zero attached hydrogens (tertiary/aromatic N) is 2. The molecule has 6 heteroatoms.